The van der Waals surface area contributed by atoms with Gasteiger partial charge in [-0.25, -0.2) is 0 Å². The Kier molecular flexibility index (Phi) is 9.11. The summed E-state index contributed by atoms with van der Waals surface area (Å²) in [6.45, 7) is 2.24. The second-order valence-corrected chi connectivity index (χ2v) is 12.0. The van der Waals surface area contributed by atoms with Gasteiger partial charge < -0.3 is 16.4 Å². The molecule has 3 amide bonds. The fourth-order valence-electron chi connectivity index (χ4n) is 5.09. The molecule has 1 aliphatic rings. The number of anilines is 2. The van der Waals surface area contributed by atoms with Crippen molar-refractivity contribution in [2.45, 2.75) is 57.7 Å². The first-order chi connectivity index (χ1) is 19.9. The van der Waals surface area contributed by atoms with E-state index in [-0.39, 0.29) is 34.1 Å². The molecular formula is C31H33N5O3S2. The highest BCUT2D eigenvalue weighted by Gasteiger charge is 2.37. The number of nitrogens with two attached hydrogens (primary N) is 1. The molecule has 1 fully saturated rings. The lowest BCUT2D eigenvalue weighted by Gasteiger charge is -2.30. The maximum Gasteiger partial charge on any atom is 0.273 e. The smallest absolute Gasteiger partial charge is 0.273 e. The first-order valence-corrected chi connectivity index (χ1v) is 15.4. The molecule has 0 saturated heterocycles. The number of carbonyl (C=O) groups is 3. The lowest BCUT2D eigenvalue weighted by atomic mass is 9.95. The highest BCUT2D eigenvalue weighted by molar-refractivity contribution is 7.10. The molecule has 10 heteroatoms. The number of thiophene rings is 1. The van der Waals surface area contributed by atoms with Crippen LogP contribution in [0.4, 0.5) is 11.4 Å². The number of nitrogens with zero attached hydrogens (tertiary/aromatic N) is 2. The molecule has 0 spiro atoms. The highest BCUT2D eigenvalue weighted by Crippen LogP contribution is 2.35. The number of rotatable bonds is 9. The summed E-state index contributed by atoms with van der Waals surface area (Å²) in [6, 6.07) is 19.8. The molecule has 1 unspecified atom stereocenters. The van der Waals surface area contributed by atoms with Gasteiger partial charge in [0, 0.05) is 23.2 Å². The van der Waals surface area contributed by atoms with Crippen molar-refractivity contribution >= 4 is 52.0 Å². The van der Waals surface area contributed by atoms with E-state index in [0.717, 1.165) is 48.3 Å². The van der Waals surface area contributed by atoms with E-state index >= 15 is 0 Å². The molecule has 1 saturated carbocycles. The molecule has 2 aromatic carbocycles. The maximum absolute atomic E-state index is 14.3. The van der Waals surface area contributed by atoms with Gasteiger partial charge in [-0.1, -0.05) is 67.8 Å². The Balaban J connectivity index is 1.49. The second-order valence-electron chi connectivity index (χ2n) is 10.2. The van der Waals surface area contributed by atoms with Crippen LogP contribution in [0.15, 0.2) is 72.1 Å². The molecule has 8 nitrogen and oxygen atoms in total. The molecule has 0 bridgehead atoms. The van der Waals surface area contributed by atoms with Gasteiger partial charge in [0.15, 0.2) is 11.7 Å². The third kappa shape index (κ3) is 6.66. The summed E-state index contributed by atoms with van der Waals surface area (Å²) < 4.78 is 4.30. The van der Waals surface area contributed by atoms with Crippen LogP contribution in [0.25, 0.3) is 0 Å². The van der Waals surface area contributed by atoms with Crippen LogP contribution < -0.4 is 21.3 Å². The third-order valence-electron chi connectivity index (χ3n) is 7.21. The zero-order valence-corrected chi connectivity index (χ0v) is 24.5. The van der Waals surface area contributed by atoms with Crippen LogP contribution in [0.1, 0.15) is 74.3 Å². The minimum Gasteiger partial charge on any atom is -0.395 e. The van der Waals surface area contributed by atoms with Gasteiger partial charge in [0.05, 0.1) is 5.69 Å². The van der Waals surface area contributed by atoms with Crippen molar-refractivity contribution in [2.75, 3.05) is 10.6 Å². The number of nitrogen functional groups attached to an aromatic ring is 1. The van der Waals surface area contributed by atoms with E-state index < -0.39 is 11.9 Å². The molecule has 1 atom stereocenters. The molecule has 0 aliphatic heterocycles. The number of carbonyl (C=O) groups excluding carboxylic acids is 3. The van der Waals surface area contributed by atoms with Gasteiger partial charge in [0.2, 0.25) is 5.91 Å². The van der Waals surface area contributed by atoms with Crippen molar-refractivity contribution in [3.63, 3.8) is 0 Å². The Hall–Kier alpha value is -4.02. The number of aromatic nitrogens is 1. The number of amides is 3. The Morgan fingerprint density at radius 2 is 1.80 bits per heavy atom. The van der Waals surface area contributed by atoms with Crippen molar-refractivity contribution in [3.05, 3.63) is 98.7 Å². The largest absolute Gasteiger partial charge is 0.395 e. The van der Waals surface area contributed by atoms with Crippen molar-refractivity contribution in [1.29, 1.82) is 0 Å². The van der Waals surface area contributed by atoms with E-state index in [1.807, 2.05) is 73.0 Å². The van der Waals surface area contributed by atoms with E-state index in [9.17, 15) is 14.4 Å². The summed E-state index contributed by atoms with van der Waals surface area (Å²) >= 11 is 2.28. The fourth-order valence-corrected chi connectivity index (χ4v) is 6.64. The predicted octanol–water partition coefficient (Wildman–Crippen LogP) is 5.86. The Labute approximate surface area is 247 Å². The van der Waals surface area contributed by atoms with Gasteiger partial charge >= 0.3 is 0 Å². The van der Waals surface area contributed by atoms with Crippen LogP contribution in [0.3, 0.4) is 0 Å². The third-order valence-corrected chi connectivity index (χ3v) is 8.98. The van der Waals surface area contributed by atoms with Crippen molar-refractivity contribution < 1.29 is 14.4 Å². The molecule has 4 N–H and O–H groups in total. The summed E-state index contributed by atoms with van der Waals surface area (Å²) in [6.07, 6.45) is 5.15. The number of benzene rings is 2. The molecule has 5 rings (SSSR count). The molecule has 4 aromatic rings. The minimum absolute atomic E-state index is 0.0283. The number of hydrogen-bond acceptors (Lipinski definition) is 7. The van der Waals surface area contributed by atoms with Gasteiger partial charge in [-0.05, 0) is 66.0 Å². The van der Waals surface area contributed by atoms with Gasteiger partial charge in [-0.15, -0.1) is 11.3 Å². The monoisotopic (exact) mass is 587 g/mol. The van der Waals surface area contributed by atoms with E-state index in [1.165, 1.54) is 22.7 Å². The predicted molar refractivity (Wildman–Crippen MR) is 164 cm³/mol. The topological polar surface area (TPSA) is 117 Å². The molecule has 2 aromatic heterocycles. The summed E-state index contributed by atoms with van der Waals surface area (Å²) in [4.78, 5) is 43.5. The van der Waals surface area contributed by atoms with Gasteiger partial charge in [0.1, 0.15) is 4.88 Å². The van der Waals surface area contributed by atoms with E-state index in [2.05, 4.69) is 15.0 Å². The molecule has 0 radical (unpaired) electrons. The summed E-state index contributed by atoms with van der Waals surface area (Å²) in [5.41, 5.74) is 8.93. The van der Waals surface area contributed by atoms with Crippen molar-refractivity contribution in [2.24, 2.45) is 0 Å². The zero-order chi connectivity index (χ0) is 28.8. The lowest BCUT2D eigenvalue weighted by molar-refractivity contribution is -0.122. The standard InChI is InChI=1S/C31H33N5O3S2/c1-20-10-8-15-23(18-20)36(27(24-16-9-17-40-24)30(38)33-19-21-11-4-2-5-12-21)31(39)28-25(32)26(35-41-28)29(37)34-22-13-6-3-7-14-22/h2,4-5,8-12,15-18,22,27H,3,6-7,13-14,19,32H2,1H3,(H,33,38)(H,34,37). The highest BCUT2D eigenvalue weighted by atomic mass is 32.1. The van der Waals surface area contributed by atoms with Crippen LogP contribution in [0.5, 0.6) is 0 Å². The van der Waals surface area contributed by atoms with Crippen molar-refractivity contribution in [3.8, 4) is 0 Å². The van der Waals surface area contributed by atoms with Crippen LogP contribution in [0, 0.1) is 6.92 Å². The van der Waals surface area contributed by atoms with Gasteiger partial charge in [-0.2, -0.15) is 4.37 Å². The van der Waals surface area contributed by atoms with Crippen LogP contribution in [0.2, 0.25) is 0 Å². The number of nitrogens with one attached hydrogen (secondary N) is 2. The molecular weight excluding hydrogens is 555 g/mol. The fraction of sp³-hybridized carbons (Fsp3) is 0.290. The maximum atomic E-state index is 14.3. The van der Waals surface area contributed by atoms with Crippen molar-refractivity contribution in [1.82, 2.24) is 15.0 Å². The number of aryl methyl sites for hydroxylation is 1. The van der Waals surface area contributed by atoms with Crippen LogP contribution in [-0.4, -0.2) is 28.1 Å². The average Bonchev–Trinajstić information content (AvgIpc) is 3.65. The quantitative estimate of drug-likeness (QED) is 0.227. The molecule has 212 valence electrons. The second kappa shape index (κ2) is 13.1. The van der Waals surface area contributed by atoms with E-state index in [0.29, 0.717) is 17.1 Å². The normalized spacial score (nSPS) is 14.3. The lowest BCUT2D eigenvalue weighted by Crippen LogP contribution is -2.43. The van der Waals surface area contributed by atoms with Gasteiger partial charge in [-0.3, -0.25) is 19.3 Å². The Morgan fingerprint density at radius 3 is 2.51 bits per heavy atom. The van der Waals surface area contributed by atoms with E-state index in [1.54, 1.807) is 6.07 Å². The first kappa shape index (κ1) is 28.5. The van der Waals surface area contributed by atoms with Gasteiger partial charge in [0.25, 0.3) is 11.8 Å². The molecule has 2 heterocycles. The summed E-state index contributed by atoms with van der Waals surface area (Å²) in [7, 11) is 0. The first-order valence-electron chi connectivity index (χ1n) is 13.7. The zero-order valence-electron chi connectivity index (χ0n) is 22.8. The number of hydrogen-bond donors (Lipinski definition) is 3. The minimum atomic E-state index is -0.964. The summed E-state index contributed by atoms with van der Waals surface area (Å²) in [5.74, 6) is -1.19. The van der Waals surface area contributed by atoms with Crippen LogP contribution in [-0.2, 0) is 11.3 Å². The Morgan fingerprint density at radius 1 is 1.02 bits per heavy atom. The Bertz CT molecular complexity index is 1500. The molecule has 41 heavy (non-hydrogen) atoms. The summed E-state index contributed by atoms with van der Waals surface area (Å²) in [5, 5.41) is 7.91. The van der Waals surface area contributed by atoms with Crippen LogP contribution >= 0.6 is 22.9 Å². The van der Waals surface area contributed by atoms with E-state index in [4.69, 9.17) is 5.73 Å². The SMILES string of the molecule is Cc1cccc(N(C(=O)c2snc(C(=O)NC3CCCCC3)c2N)C(C(=O)NCc2ccccc2)c2cccs2)c1. The average molecular weight is 588 g/mol. The molecule has 1 aliphatic carbocycles.